The molecular weight excluding hydrogens is 270 g/mol. The van der Waals surface area contributed by atoms with Crippen molar-refractivity contribution in [1.29, 1.82) is 0 Å². The SMILES string of the molecule is CC(C)CCCn1cnc2cc(C(=O)NO)ccc2c1=O. The van der Waals surface area contributed by atoms with E-state index in [0.29, 0.717) is 23.4 Å². The van der Waals surface area contributed by atoms with Crippen LogP contribution >= 0.6 is 0 Å². The van der Waals surface area contributed by atoms with Crippen molar-refractivity contribution in [2.45, 2.75) is 33.2 Å². The van der Waals surface area contributed by atoms with Crippen LogP contribution in [0.2, 0.25) is 0 Å². The summed E-state index contributed by atoms with van der Waals surface area (Å²) in [6.07, 6.45) is 3.49. The molecule has 2 rings (SSSR count). The highest BCUT2D eigenvalue weighted by molar-refractivity contribution is 5.96. The van der Waals surface area contributed by atoms with Crippen molar-refractivity contribution in [2.24, 2.45) is 5.92 Å². The maximum atomic E-state index is 12.3. The number of carbonyl (C=O) groups is 1. The zero-order chi connectivity index (χ0) is 15.4. The van der Waals surface area contributed by atoms with Gasteiger partial charge in [-0.1, -0.05) is 13.8 Å². The Labute approximate surface area is 122 Å². The van der Waals surface area contributed by atoms with E-state index in [1.54, 1.807) is 16.1 Å². The van der Waals surface area contributed by atoms with Crippen molar-refractivity contribution >= 4 is 16.8 Å². The smallest absolute Gasteiger partial charge is 0.274 e. The molecule has 0 aliphatic carbocycles. The summed E-state index contributed by atoms with van der Waals surface area (Å²) in [6.45, 7) is 4.93. The number of hydrogen-bond acceptors (Lipinski definition) is 4. The van der Waals surface area contributed by atoms with Crippen molar-refractivity contribution < 1.29 is 10.0 Å². The Morgan fingerprint density at radius 2 is 2.19 bits per heavy atom. The standard InChI is InChI=1S/C15H19N3O3/c1-10(2)4-3-7-18-9-16-13-8-11(14(19)17-21)5-6-12(13)15(18)20/h5-6,8-10,21H,3-4,7H2,1-2H3,(H,17,19). The van der Waals surface area contributed by atoms with Gasteiger partial charge in [-0.25, -0.2) is 10.5 Å². The van der Waals surface area contributed by atoms with E-state index in [0.717, 1.165) is 12.8 Å². The van der Waals surface area contributed by atoms with Gasteiger partial charge in [-0.3, -0.25) is 19.4 Å². The molecule has 0 saturated carbocycles. The molecule has 1 heterocycles. The van der Waals surface area contributed by atoms with Crippen LogP contribution in [0, 0.1) is 5.92 Å². The van der Waals surface area contributed by atoms with Crippen molar-refractivity contribution in [3.63, 3.8) is 0 Å². The minimum absolute atomic E-state index is 0.111. The van der Waals surface area contributed by atoms with Gasteiger partial charge in [0.25, 0.3) is 11.5 Å². The van der Waals surface area contributed by atoms with E-state index in [4.69, 9.17) is 5.21 Å². The van der Waals surface area contributed by atoms with Crippen molar-refractivity contribution in [2.75, 3.05) is 0 Å². The summed E-state index contributed by atoms with van der Waals surface area (Å²) in [6, 6.07) is 4.55. The molecule has 1 aromatic carbocycles. The molecule has 112 valence electrons. The predicted octanol–water partition coefficient (Wildman–Crippen LogP) is 1.95. The number of hydroxylamine groups is 1. The van der Waals surface area contributed by atoms with Crippen molar-refractivity contribution in [3.8, 4) is 0 Å². The van der Waals surface area contributed by atoms with Crippen LogP contribution in [-0.2, 0) is 6.54 Å². The molecule has 0 unspecified atom stereocenters. The average molecular weight is 289 g/mol. The Kier molecular flexibility index (Phi) is 4.70. The number of aromatic nitrogens is 2. The Bertz CT molecular complexity index is 707. The summed E-state index contributed by atoms with van der Waals surface area (Å²) in [5.41, 5.74) is 2.15. The van der Waals surface area contributed by atoms with Crippen LogP contribution in [0.3, 0.4) is 0 Å². The molecule has 6 heteroatoms. The molecule has 0 spiro atoms. The van der Waals surface area contributed by atoms with E-state index in [2.05, 4.69) is 18.8 Å². The molecule has 0 radical (unpaired) electrons. The Morgan fingerprint density at radius 1 is 1.43 bits per heavy atom. The molecule has 6 nitrogen and oxygen atoms in total. The second kappa shape index (κ2) is 6.49. The molecule has 0 atom stereocenters. The first-order valence-corrected chi connectivity index (χ1v) is 6.96. The summed E-state index contributed by atoms with van der Waals surface area (Å²) in [7, 11) is 0. The summed E-state index contributed by atoms with van der Waals surface area (Å²) in [5, 5.41) is 9.08. The van der Waals surface area contributed by atoms with Gasteiger partial charge < -0.3 is 0 Å². The number of aryl methyl sites for hydroxylation is 1. The zero-order valence-electron chi connectivity index (χ0n) is 12.2. The molecule has 1 aromatic heterocycles. The molecular formula is C15H19N3O3. The molecule has 0 fully saturated rings. The summed E-state index contributed by atoms with van der Waals surface area (Å²) >= 11 is 0. The number of rotatable bonds is 5. The van der Waals surface area contributed by atoms with E-state index in [1.165, 1.54) is 18.5 Å². The first kappa shape index (κ1) is 15.2. The van der Waals surface area contributed by atoms with E-state index in [1.807, 2.05) is 0 Å². The lowest BCUT2D eigenvalue weighted by molar-refractivity contribution is 0.0706. The normalized spacial score (nSPS) is 11.0. The lowest BCUT2D eigenvalue weighted by Gasteiger charge is -2.08. The predicted molar refractivity (Wildman–Crippen MR) is 79.3 cm³/mol. The fraction of sp³-hybridized carbons (Fsp3) is 0.400. The highest BCUT2D eigenvalue weighted by atomic mass is 16.5. The lowest BCUT2D eigenvalue weighted by atomic mass is 10.1. The number of fused-ring (bicyclic) bond motifs is 1. The van der Waals surface area contributed by atoms with Gasteiger partial charge in [-0.2, -0.15) is 0 Å². The molecule has 2 N–H and O–H groups in total. The van der Waals surface area contributed by atoms with Crippen LogP contribution in [0.4, 0.5) is 0 Å². The van der Waals surface area contributed by atoms with Crippen molar-refractivity contribution in [1.82, 2.24) is 15.0 Å². The van der Waals surface area contributed by atoms with Gasteiger partial charge in [0.15, 0.2) is 0 Å². The number of carbonyl (C=O) groups excluding carboxylic acids is 1. The van der Waals surface area contributed by atoms with Gasteiger partial charge in [-0.15, -0.1) is 0 Å². The van der Waals surface area contributed by atoms with Crippen LogP contribution in [0.15, 0.2) is 29.3 Å². The first-order valence-electron chi connectivity index (χ1n) is 6.96. The minimum Gasteiger partial charge on any atom is -0.299 e. The lowest BCUT2D eigenvalue weighted by Crippen LogP contribution is -2.22. The summed E-state index contributed by atoms with van der Waals surface area (Å²) in [4.78, 5) is 27.9. The third kappa shape index (κ3) is 3.46. The van der Waals surface area contributed by atoms with Gasteiger partial charge in [0.1, 0.15) is 0 Å². The Morgan fingerprint density at radius 3 is 2.86 bits per heavy atom. The van der Waals surface area contributed by atoms with E-state index >= 15 is 0 Å². The molecule has 0 saturated heterocycles. The largest absolute Gasteiger partial charge is 0.299 e. The van der Waals surface area contributed by atoms with Gasteiger partial charge in [0.05, 0.1) is 17.2 Å². The molecule has 0 bridgehead atoms. The third-order valence-electron chi connectivity index (χ3n) is 3.37. The monoisotopic (exact) mass is 289 g/mol. The fourth-order valence-electron chi connectivity index (χ4n) is 2.19. The van der Waals surface area contributed by atoms with Gasteiger partial charge >= 0.3 is 0 Å². The molecule has 21 heavy (non-hydrogen) atoms. The van der Waals surface area contributed by atoms with E-state index in [9.17, 15) is 9.59 Å². The molecule has 2 aromatic rings. The summed E-state index contributed by atoms with van der Waals surface area (Å²) < 4.78 is 1.59. The number of hydrogen-bond donors (Lipinski definition) is 2. The van der Waals surface area contributed by atoms with E-state index in [-0.39, 0.29) is 11.1 Å². The van der Waals surface area contributed by atoms with E-state index < -0.39 is 5.91 Å². The number of nitrogens with one attached hydrogen (secondary N) is 1. The van der Waals surface area contributed by atoms with Crippen LogP contribution < -0.4 is 11.0 Å². The topological polar surface area (TPSA) is 84.2 Å². The third-order valence-corrected chi connectivity index (χ3v) is 3.37. The Hall–Kier alpha value is -2.21. The molecule has 1 amide bonds. The summed E-state index contributed by atoms with van der Waals surface area (Å²) in [5.74, 6) is -0.0199. The van der Waals surface area contributed by atoms with Gasteiger partial charge in [0.2, 0.25) is 0 Å². The number of amides is 1. The number of benzene rings is 1. The second-order valence-corrected chi connectivity index (χ2v) is 5.45. The van der Waals surface area contributed by atoms with Gasteiger partial charge in [-0.05, 0) is 37.0 Å². The van der Waals surface area contributed by atoms with Crippen LogP contribution in [-0.4, -0.2) is 20.7 Å². The Balaban J connectivity index is 2.30. The van der Waals surface area contributed by atoms with Gasteiger partial charge in [0, 0.05) is 12.1 Å². The van der Waals surface area contributed by atoms with Crippen LogP contribution in [0.25, 0.3) is 10.9 Å². The van der Waals surface area contributed by atoms with Crippen LogP contribution in [0.5, 0.6) is 0 Å². The highest BCUT2D eigenvalue weighted by Crippen LogP contribution is 2.11. The maximum absolute atomic E-state index is 12.3. The quantitative estimate of drug-likeness (QED) is 0.651. The highest BCUT2D eigenvalue weighted by Gasteiger charge is 2.09. The maximum Gasteiger partial charge on any atom is 0.274 e. The number of nitrogens with zero attached hydrogens (tertiary/aromatic N) is 2. The zero-order valence-corrected chi connectivity index (χ0v) is 12.2. The second-order valence-electron chi connectivity index (χ2n) is 5.45. The first-order chi connectivity index (χ1) is 10.0. The fourth-order valence-corrected chi connectivity index (χ4v) is 2.19. The minimum atomic E-state index is -0.625. The molecule has 0 aliphatic heterocycles. The molecule has 0 aliphatic rings. The van der Waals surface area contributed by atoms with Crippen LogP contribution in [0.1, 0.15) is 37.0 Å². The average Bonchev–Trinajstić information content (AvgIpc) is 2.48. The van der Waals surface area contributed by atoms with Crippen molar-refractivity contribution in [3.05, 3.63) is 40.4 Å².